The molecule has 5 heteroatoms. The van der Waals surface area contributed by atoms with Crippen molar-refractivity contribution in [2.24, 2.45) is 11.7 Å². The maximum Gasteiger partial charge on any atom is 0.233 e. The molecule has 1 heterocycles. The van der Waals surface area contributed by atoms with Gasteiger partial charge in [-0.15, -0.1) is 0 Å². The number of carbonyl (C=O) groups is 1. The number of hydrogen-bond acceptors (Lipinski definition) is 3. The lowest BCUT2D eigenvalue weighted by molar-refractivity contribution is -0.140. The highest BCUT2D eigenvalue weighted by molar-refractivity contribution is 5.88. The first-order chi connectivity index (χ1) is 11.4. The van der Waals surface area contributed by atoms with Crippen molar-refractivity contribution in [3.05, 3.63) is 35.6 Å². The highest BCUT2D eigenvalue weighted by Gasteiger charge is 2.43. The summed E-state index contributed by atoms with van der Waals surface area (Å²) in [7, 11) is 1.83. The van der Waals surface area contributed by atoms with Crippen LogP contribution < -0.4 is 5.73 Å². The fourth-order valence-electron chi connectivity index (χ4n) is 3.26. The minimum absolute atomic E-state index is 0.0772. The summed E-state index contributed by atoms with van der Waals surface area (Å²) in [5.41, 5.74) is 6.35. The summed E-state index contributed by atoms with van der Waals surface area (Å²) >= 11 is 0. The molecule has 0 radical (unpaired) electrons. The number of amides is 1. The van der Waals surface area contributed by atoms with E-state index in [1.54, 1.807) is 17.0 Å². The highest BCUT2D eigenvalue weighted by atomic mass is 19.1. The second-order valence-electron chi connectivity index (χ2n) is 7.12. The van der Waals surface area contributed by atoms with Gasteiger partial charge in [0.1, 0.15) is 5.82 Å². The first-order valence-electron chi connectivity index (χ1n) is 8.72. The van der Waals surface area contributed by atoms with Gasteiger partial charge in [0.15, 0.2) is 0 Å². The number of hydrogen-bond donors (Lipinski definition) is 1. The predicted molar refractivity (Wildman–Crippen MR) is 93.2 cm³/mol. The lowest BCUT2D eigenvalue weighted by Gasteiger charge is -2.39. The Hall–Kier alpha value is -1.46. The Kier molecular flexibility index (Phi) is 6.35. The van der Waals surface area contributed by atoms with Gasteiger partial charge in [-0.25, -0.2) is 4.39 Å². The average molecular weight is 336 g/mol. The van der Waals surface area contributed by atoms with Crippen LogP contribution in [-0.4, -0.2) is 43.7 Å². The summed E-state index contributed by atoms with van der Waals surface area (Å²) in [6.07, 6.45) is 2.02. The van der Waals surface area contributed by atoms with Gasteiger partial charge >= 0.3 is 0 Å². The van der Waals surface area contributed by atoms with Crippen molar-refractivity contribution >= 4 is 5.91 Å². The summed E-state index contributed by atoms with van der Waals surface area (Å²) < 4.78 is 18.8. The zero-order valence-electron chi connectivity index (χ0n) is 14.9. The largest absolute Gasteiger partial charge is 0.381 e. The first kappa shape index (κ1) is 18.9. The summed E-state index contributed by atoms with van der Waals surface area (Å²) in [5, 5.41) is 0. The SMILES string of the molecule is CC(C)C(N)CCN(C)C(=O)C1(c2ccc(F)cc2)CCOCC1. The molecule has 0 aromatic heterocycles. The van der Waals surface area contributed by atoms with Crippen molar-refractivity contribution in [2.75, 3.05) is 26.8 Å². The number of benzene rings is 1. The van der Waals surface area contributed by atoms with E-state index < -0.39 is 5.41 Å². The summed E-state index contributed by atoms with van der Waals surface area (Å²) in [4.78, 5) is 15.0. The maximum atomic E-state index is 13.3. The van der Waals surface area contributed by atoms with E-state index in [0.29, 0.717) is 38.5 Å². The Morgan fingerprint density at radius 3 is 2.42 bits per heavy atom. The van der Waals surface area contributed by atoms with Gasteiger partial charge in [0.25, 0.3) is 0 Å². The molecule has 134 valence electrons. The fourth-order valence-corrected chi connectivity index (χ4v) is 3.26. The van der Waals surface area contributed by atoms with Gasteiger partial charge in [-0.1, -0.05) is 26.0 Å². The van der Waals surface area contributed by atoms with Crippen LogP contribution in [0, 0.1) is 11.7 Å². The highest BCUT2D eigenvalue weighted by Crippen LogP contribution is 2.36. The van der Waals surface area contributed by atoms with Gasteiger partial charge in [-0.3, -0.25) is 4.79 Å². The maximum absolute atomic E-state index is 13.3. The summed E-state index contributed by atoms with van der Waals surface area (Å²) in [6.45, 7) is 5.89. The molecule has 1 atom stereocenters. The molecule has 1 unspecified atom stereocenters. The Labute approximate surface area is 144 Å². The average Bonchev–Trinajstić information content (AvgIpc) is 2.59. The molecule has 1 aliphatic heterocycles. The van der Waals surface area contributed by atoms with Gasteiger partial charge in [0.2, 0.25) is 5.91 Å². The van der Waals surface area contributed by atoms with E-state index in [9.17, 15) is 9.18 Å². The number of nitrogens with two attached hydrogens (primary N) is 1. The molecule has 0 saturated carbocycles. The van der Waals surface area contributed by atoms with E-state index in [4.69, 9.17) is 10.5 Å². The van der Waals surface area contributed by atoms with Crippen LogP contribution in [0.4, 0.5) is 4.39 Å². The lowest BCUT2D eigenvalue weighted by Crippen LogP contribution is -2.49. The van der Waals surface area contributed by atoms with Crippen molar-refractivity contribution in [1.82, 2.24) is 4.90 Å². The van der Waals surface area contributed by atoms with Crippen LogP contribution in [0.25, 0.3) is 0 Å². The number of halogens is 1. The van der Waals surface area contributed by atoms with Crippen LogP contribution in [0.3, 0.4) is 0 Å². The number of ether oxygens (including phenoxy) is 1. The topological polar surface area (TPSA) is 55.6 Å². The second-order valence-corrected chi connectivity index (χ2v) is 7.12. The third-order valence-electron chi connectivity index (χ3n) is 5.15. The molecule has 0 aliphatic carbocycles. The van der Waals surface area contributed by atoms with E-state index in [0.717, 1.165) is 12.0 Å². The molecule has 4 nitrogen and oxygen atoms in total. The van der Waals surface area contributed by atoms with Crippen molar-refractivity contribution in [3.63, 3.8) is 0 Å². The van der Waals surface area contributed by atoms with E-state index in [1.807, 2.05) is 7.05 Å². The summed E-state index contributed by atoms with van der Waals surface area (Å²) in [6, 6.07) is 6.39. The van der Waals surface area contributed by atoms with Crippen LogP contribution in [0.1, 0.15) is 38.7 Å². The Morgan fingerprint density at radius 2 is 1.88 bits per heavy atom. The molecule has 1 aromatic rings. The molecular formula is C19H29FN2O2. The standard InChI is InChI=1S/C19H29FN2O2/c1-14(2)17(21)8-11-22(3)18(23)19(9-12-24-13-10-19)15-4-6-16(20)7-5-15/h4-7,14,17H,8-13,21H2,1-3H3. The molecule has 0 bridgehead atoms. The second kappa shape index (κ2) is 8.08. The third-order valence-corrected chi connectivity index (χ3v) is 5.15. The molecule has 1 saturated heterocycles. The van der Waals surface area contributed by atoms with Crippen LogP contribution >= 0.6 is 0 Å². The van der Waals surface area contributed by atoms with Crippen molar-refractivity contribution in [3.8, 4) is 0 Å². The van der Waals surface area contributed by atoms with Crippen LogP contribution in [0.5, 0.6) is 0 Å². The Balaban J connectivity index is 2.17. The number of carbonyl (C=O) groups excluding carboxylic acids is 1. The minimum atomic E-state index is -0.622. The Bertz CT molecular complexity index is 539. The zero-order chi connectivity index (χ0) is 17.7. The van der Waals surface area contributed by atoms with Gasteiger partial charge in [-0.05, 0) is 42.9 Å². The minimum Gasteiger partial charge on any atom is -0.381 e. The normalized spacial score (nSPS) is 18.4. The van der Waals surface area contributed by atoms with E-state index in [2.05, 4.69) is 13.8 Å². The molecule has 0 spiro atoms. The van der Waals surface area contributed by atoms with Gasteiger partial charge < -0.3 is 15.4 Å². The molecule has 1 aliphatic rings. The molecule has 2 rings (SSSR count). The Morgan fingerprint density at radius 1 is 1.29 bits per heavy atom. The van der Waals surface area contributed by atoms with E-state index >= 15 is 0 Å². The van der Waals surface area contributed by atoms with E-state index in [1.165, 1.54) is 12.1 Å². The van der Waals surface area contributed by atoms with Gasteiger partial charge in [0.05, 0.1) is 5.41 Å². The van der Waals surface area contributed by atoms with Gasteiger partial charge in [0, 0.05) is 32.8 Å². The third kappa shape index (κ3) is 4.14. The molecule has 1 aromatic carbocycles. The summed E-state index contributed by atoms with van der Waals surface area (Å²) in [5.74, 6) is 0.181. The van der Waals surface area contributed by atoms with Crippen molar-refractivity contribution in [2.45, 2.75) is 44.6 Å². The van der Waals surface area contributed by atoms with Crippen LogP contribution in [0.2, 0.25) is 0 Å². The van der Waals surface area contributed by atoms with Gasteiger partial charge in [-0.2, -0.15) is 0 Å². The van der Waals surface area contributed by atoms with Crippen molar-refractivity contribution in [1.29, 1.82) is 0 Å². The smallest absolute Gasteiger partial charge is 0.233 e. The number of rotatable bonds is 6. The fraction of sp³-hybridized carbons (Fsp3) is 0.632. The quantitative estimate of drug-likeness (QED) is 0.869. The zero-order valence-corrected chi connectivity index (χ0v) is 14.9. The predicted octanol–water partition coefficient (Wildman–Crippen LogP) is 2.71. The van der Waals surface area contributed by atoms with Crippen LogP contribution in [0.15, 0.2) is 24.3 Å². The molecular weight excluding hydrogens is 307 g/mol. The van der Waals surface area contributed by atoms with E-state index in [-0.39, 0.29) is 17.8 Å². The van der Waals surface area contributed by atoms with Crippen molar-refractivity contribution < 1.29 is 13.9 Å². The molecule has 24 heavy (non-hydrogen) atoms. The monoisotopic (exact) mass is 336 g/mol. The molecule has 1 fully saturated rings. The molecule has 1 amide bonds. The number of likely N-dealkylation sites (N-methyl/N-ethyl adjacent to an activating group) is 1. The first-order valence-corrected chi connectivity index (χ1v) is 8.72. The van der Waals surface area contributed by atoms with Crippen LogP contribution in [-0.2, 0) is 14.9 Å². The lowest BCUT2D eigenvalue weighted by atomic mass is 9.73. The molecule has 2 N–H and O–H groups in total. The number of nitrogens with zero attached hydrogens (tertiary/aromatic N) is 1.